The molecule has 6 nitrogen and oxygen atoms in total. The summed E-state index contributed by atoms with van der Waals surface area (Å²) >= 11 is 0. The molecule has 6 heteroatoms. The summed E-state index contributed by atoms with van der Waals surface area (Å²) in [5.74, 6) is 0.583. The third kappa shape index (κ3) is 12.2. The Hall–Kier alpha value is -4.58. The Morgan fingerprint density at radius 1 is 0.386 bits per heavy atom. The zero-order chi connectivity index (χ0) is 41.0. The minimum Gasteiger partial charge on any atom is -0.374 e. The Balaban J connectivity index is 0.000000247. The summed E-state index contributed by atoms with van der Waals surface area (Å²) in [4.78, 5) is 31.7. The molecule has 0 aliphatic carbocycles. The summed E-state index contributed by atoms with van der Waals surface area (Å²) in [7, 11) is 4.33. The van der Waals surface area contributed by atoms with E-state index in [0.29, 0.717) is 18.7 Å². The molecule has 4 aromatic carbocycles. The van der Waals surface area contributed by atoms with Crippen molar-refractivity contribution in [2.45, 2.75) is 127 Å². The van der Waals surface area contributed by atoms with Gasteiger partial charge >= 0.3 is 0 Å². The van der Waals surface area contributed by atoms with Crippen LogP contribution in [0.5, 0.6) is 0 Å². The molecule has 312 valence electrons. The quantitative estimate of drug-likeness (QED) is 0.178. The minimum atomic E-state index is 0. The fourth-order valence-corrected chi connectivity index (χ4v) is 8.13. The molecule has 0 radical (unpaired) electrons. The summed E-state index contributed by atoms with van der Waals surface area (Å²) < 4.78 is 0. The van der Waals surface area contributed by atoms with Gasteiger partial charge in [-0.1, -0.05) is 136 Å². The van der Waals surface area contributed by atoms with Crippen LogP contribution in [0.25, 0.3) is 0 Å². The number of nitrogens with zero attached hydrogens (tertiary/aromatic N) is 4. The molecule has 0 atom stereocenters. The Morgan fingerprint density at radius 2 is 0.825 bits per heavy atom. The predicted molar refractivity (Wildman–Crippen MR) is 250 cm³/mol. The number of para-hydroxylation sites is 4. The van der Waals surface area contributed by atoms with Gasteiger partial charge in [0.2, 0.25) is 11.8 Å². The Bertz CT molecular complexity index is 1790. The average Bonchev–Trinajstić information content (AvgIpc) is 3.94. The summed E-state index contributed by atoms with van der Waals surface area (Å²) in [6, 6.07) is 30.0. The van der Waals surface area contributed by atoms with Crippen molar-refractivity contribution in [3.8, 4) is 0 Å². The van der Waals surface area contributed by atoms with Crippen LogP contribution in [0.3, 0.4) is 0 Å². The first-order valence-electron chi connectivity index (χ1n) is 21.9. The third-order valence-corrected chi connectivity index (χ3v) is 10.6. The highest BCUT2D eigenvalue weighted by Gasteiger charge is 2.32. The lowest BCUT2D eigenvalue weighted by Gasteiger charge is -2.25. The van der Waals surface area contributed by atoms with Gasteiger partial charge in [0.25, 0.3) is 0 Å². The number of aryl methyl sites for hydroxylation is 3. The smallest absolute Gasteiger partial charge is 0.231 e. The van der Waals surface area contributed by atoms with E-state index in [0.717, 1.165) is 38.8 Å². The van der Waals surface area contributed by atoms with E-state index in [1.54, 1.807) is 0 Å². The third-order valence-electron chi connectivity index (χ3n) is 10.6. The molecule has 6 heterocycles. The lowest BCUT2D eigenvalue weighted by atomic mass is 10.00. The molecule has 6 aliphatic heterocycles. The average molecular weight is 777 g/mol. The first-order chi connectivity index (χ1) is 27.5. The molecule has 4 aromatic rings. The van der Waals surface area contributed by atoms with Gasteiger partial charge in [-0.05, 0) is 96.9 Å². The topological polar surface area (TPSA) is 47.1 Å². The van der Waals surface area contributed by atoms with E-state index in [1.807, 2.05) is 65.2 Å². The number of fused-ring (bicyclic) bond motifs is 2. The Morgan fingerprint density at radius 3 is 1.46 bits per heavy atom. The zero-order valence-corrected chi connectivity index (χ0v) is 36.6. The number of hydrogen-bond donors (Lipinski definition) is 0. The number of carbonyl (C=O) groups excluding carboxylic acids is 2. The van der Waals surface area contributed by atoms with Crippen molar-refractivity contribution >= 4 is 34.6 Å². The van der Waals surface area contributed by atoms with Gasteiger partial charge in [0, 0.05) is 58.1 Å². The second kappa shape index (κ2) is 25.6. The van der Waals surface area contributed by atoms with E-state index < -0.39 is 0 Å². The van der Waals surface area contributed by atoms with Gasteiger partial charge in [0.05, 0.1) is 17.8 Å². The van der Waals surface area contributed by atoms with Crippen LogP contribution < -0.4 is 19.6 Å². The second-order valence-corrected chi connectivity index (χ2v) is 13.8. The second-order valence-electron chi connectivity index (χ2n) is 13.8. The summed E-state index contributed by atoms with van der Waals surface area (Å²) in [5, 5.41) is 0. The van der Waals surface area contributed by atoms with Crippen molar-refractivity contribution in [3.05, 3.63) is 118 Å². The molecular weight excluding hydrogens is 701 g/mol. The minimum absolute atomic E-state index is 0. The highest BCUT2D eigenvalue weighted by atomic mass is 16.2. The maximum absolute atomic E-state index is 11.6. The zero-order valence-electron chi connectivity index (χ0n) is 36.6. The van der Waals surface area contributed by atoms with Crippen LogP contribution in [0.4, 0.5) is 22.7 Å². The summed E-state index contributed by atoms with van der Waals surface area (Å²) in [6.07, 6.45) is 10.6. The van der Waals surface area contributed by atoms with Crippen LogP contribution in [0, 0.1) is 0 Å². The van der Waals surface area contributed by atoms with Crippen molar-refractivity contribution in [1.82, 2.24) is 0 Å². The molecule has 0 spiro atoms. The monoisotopic (exact) mass is 777 g/mol. The van der Waals surface area contributed by atoms with Crippen LogP contribution >= 0.6 is 0 Å². The van der Waals surface area contributed by atoms with E-state index in [4.69, 9.17) is 0 Å². The van der Waals surface area contributed by atoms with Gasteiger partial charge in [0.1, 0.15) is 0 Å². The van der Waals surface area contributed by atoms with Crippen molar-refractivity contribution in [3.63, 3.8) is 0 Å². The van der Waals surface area contributed by atoms with Gasteiger partial charge < -0.3 is 19.6 Å². The SMILES string of the molecule is C.CC.CC.CC.CC.CN1CCCCc2ccccc21.CN1CCc2ccccc21.O=C1CCc2cccc3c2N1CC3.O=C1Cc2cccc3c2N1CCC3. The number of anilines is 4. The van der Waals surface area contributed by atoms with Crippen molar-refractivity contribution in [1.29, 1.82) is 0 Å². The molecule has 6 aliphatic rings. The number of rotatable bonds is 0. The van der Waals surface area contributed by atoms with Crippen LogP contribution in [0.1, 0.15) is 122 Å². The molecule has 0 saturated heterocycles. The number of likely N-dealkylation sites (N-methyl/N-ethyl adjacent to an activating group) is 1. The van der Waals surface area contributed by atoms with E-state index in [2.05, 4.69) is 109 Å². The maximum Gasteiger partial charge on any atom is 0.231 e. The van der Waals surface area contributed by atoms with Crippen LogP contribution in [0.15, 0.2) is 84.9 Å². The summed E-state index contributed by atoms with van der Waals surface area (Å²) in [6.45, 7) is 20.2. The van der Waals surface area contributed by atoms with Crippen molar-refractivity contribution in [2.24, 2.45) is 0 Å². The van der Waals surface area contributed by atoms with Gasteiger partial charge in [-0.3, -0.25) is 9.59 Å². The van der Waals surface area contributed by atoms with Crippen LogP contribution in [-0.4, -0.2) is 52.1 Å². The van der Waals surface area contributed by atoms with Crippen molar-refractivity contribution in [2.75, 3.05) is 59.9 Å². The van der Waals surface area contributed by atoms with Crippen molar-refractivity contribution < 1.29 is 9.59 Å². The van der Waals surface area contributed by atoms with E-state index in [1.165, 1.54) is 94.9 Å². The van der Waals surface area contributed by atoms with Crippen LogP contribution in [-0.2, 0) is 48.1 Å². The standard InChI is InChI=1S/2C11H11NO.C11H15N.C9H11N.4C2H6.CH4/c13-10-7-9-4-1-3-8-5-2-6-12(10)11(8)9;13-10-5-4-8-2-1-3-9-6-7-12(10)11(8)9;1-12-9-5-4-7-10-6-2-3-8-11(10)12;1-10-7-6-8-4-2-3-5-9(8)10;4*1-2;/h1,3-4H,2,5-7H2;1-3H,4-7H2;2-3,6,8H,4-5,7,9H2,1H3;2-5H,6-7H2,1H3;4*1-2H3;1H4. The Kier molecular flexibility index (Phi) is 21.8. The molecule has 0 saturated carbocycles. The number of hydrogen-bond acceptors (Lipinski definition) is 4. The number of amides is 2. The lowest BCUT2D eigenvalue weighted by molar-refractivity contribution is -0.119. The highest BCUT2D eigenvalue weighted by Crippen LogP contribution is 2.37. The number of benzene rings is 4. The molecule has 0 aromatic heterocycles. The Labute approximate surface area is 348 Å². The normalized spacial score (nSPS) is 15.4. The fraction of sp³-hybridized carbons (Fsp3) is 0.490. The molecule has 2 amide bonds. The highest BCUT2D eigenvalue weighted by molar-refractivity contribution is 6.02. The first kappa shape index (κ1) is 48.6. The van der Waals surface area contributed by atoms with Gasteiger partial charge in [-0.15, -0.1) is 0 Å². The molecule has 0 bridgehead atoms. The number of carbonyl (C=O) groups is 2. The largest absolute Gasteiger partial charge is 0.374 e. The van der Waals surface area contributed by atoms with Gasteiger partial charge in [-0.2, -0.15) is 0 Å². The molecule has 57 heavy (non-hydrogen) atoms. The predicted octanol–water partition coefficient (Wildman–Crippen LogP) is 11.9. The summed E-state index contributed by atoms with van der Waals surface area (Å²) in [5.41, 5.74) is 13.6. The van der Waals surface area contributed by atoms with Crippen LogP contribution in [0.2, 0.25) is 0 Å². The fourth-order valence-electron chi connectivity index (χ4n) is 8.13. The molecule has 0 N–H and O–H groups in total. The molecule has 0 unspecified atom stereocenters. The van der Waals surface area contributed by atoms with E-state index in [9.17, 15) is 9.59 Å². The molecule has 10 rings (SSSR count). The van der Waals surface area contributed by atoms with E-state index in [-0.39, 0.29) is 13.3 Å². The van der Waals surface area contributed by atoms with Gasteiger partial charge in [-0.25, -0.2) is 0 Å². The van der Waals surface area contributed by atoms with E-state index >= 15 is 0 Å². The van der Waals surface area contributed by atoms with Gasteiger partial charge in [0.15, 0.2) is 0 Å². The molecule has 0 fully saturated rings. The maximum atomic E-state index is 11.6. The molecular formula is C51H76N4O2. The lowest BCUT2D eigenvalue weighted by Crippen LogP contribution is -2.32. The first-order valence-corrected chi connectivity index (χ1v) is 21.9.